The Morgan fingerprint density at radius 1 is 1.40 bits per heavy atom. The molecule has 0 aromatic heterocycles. The van der Waals surface area contributed by atoms with Gasteiger partial charge in [0.2, 0.25) is 0 Å². The molecule has 4 heteroatoms. The van der Waals surface area contributed by atoms with Crippen molar-refractivity contribution in [2.45, 2.75) is 6.42 Å². The number of hydrogen-bond acceptors (Lipinski definition) is 4. The number of esters is 1. The van der Waals surface area contributed by atoms with E-state index in [0.29, 0.717) is 29.9 Å². The number of aliphatic hydroxyl groups excluding tert-OH is 1. The summed E-state index contributed by atoms with van der Waals surface area (Å²) in [6.07, 6.45) is 0.430. The van der Waals surface area contributed by atoms with E-state index in [0.717, 1.165) is 0 Å². The highest BCUT2D eigenvalue weighted by molar-refractivity contribution is 5.98. The van der Waals surface area contributed by atoms with Gasteiger partial charge in [0.25, 0.3) is 0 Å². The summed E-state index contributed by atoms with van der Waals surface area (Å²) < 4.78 is 4.75. The molecule has 2 rings (SSSR count). The van der Waals surface area contributed by atoms with Gasteiger partial charge in [-0.3, -0.25) is 0 Å². The summed E-state index contributed by atoms with van der Waals surface area (Å²) in [5, 5.41) is 9.87. The van der Waals surface area contributed by atoms with Gasteiger partial charge in [0.05, 0.1) is 12.2 Å². The van der Waals surface area contributed by atoms with E-state index in [-0.39, 0.29) is 5.76 Å². The third-order valence-electron chi connectivity index (χ3n) is 2.33. The molecule has 0 unspecified atom stereocenters. The number of ether oxygens (including phenoxy) is 1. The van der Waals surface area contributed by atoms with E-state index >= 15 is 0 Å². The second-order valence-corrected chi connectivity index (χ2v) is 3.30. The molecule has 1 aliphatic rings. The van der Waals surface area contributed by atoms with Gasteiger partial charge >= 0.3 is 5.97 Å². The number of hydrogen-bond donors (Lipinski definition) is 2. The van der Waals surface area contributed by atoms with E-state index in [1.54, 1.807) is 24.3 Å². The fraction of sp³-hybridized carbons (Fsp3) is 0.182. The maximum Gasteiger partial charge on any atom is 0.337 e. The molecule has 0 saturated carbocycles. The number of carbonyl (C=O) groups is 1. The summed E-state index contributed by atoms with van der Waals surface area (Å²) in [6, 6.07) is 6.86. The van der Waals surface area contributed by atoms with Crippen molar-refractivity contribution in [3.05, 3.63) is 35.4 Å². The molecular formula is C11H11NO3. The highest BCUT2D eigenvalue weighted by atomic mass is 16.5. The van der Waals surface area contributed by atoms with Gasteiger partial charge in [0, 0.05) is 17.7 Å². The van der Waals surface area contributed by atoms with Crippen LogP contribution in [0.15, 0.2) is 29.8 Å². The van der Waals surface area contributed by atoms with Crippen LogP contribution in [0.2, 0.25) is 0 Å². The highest BCUT2D eigenvalue weighted by Gasteiger charge is 2.24. The molecule has 1 fully saturated rings. The van der Waals surface area contributed by atoms with Crippen LogP contribution in [0.5, 0.6) is 0 Å². The lowest BCUT2D eigenvalue weighted by atomic mass is 10.1. The molecule has 1 heterocycles. The fourth-order valence-electron chi connectivity index (χ4n) is 1.53. The SMILES string of the molecule is Nc1ccccc1/C(O)=C1/CCOC1=O. The van der Waals surface area contributed by atoms with E-state index in [9.17, 15) is 9.90 Å². The third kappa shape index (κ3) is 1.66. The number of para-hydroxylation sites is 1. The molecule has 1 saturated heterocycles. The summed E-state index contributed by atoms with van der Waals surface area (Å²) >= 11 is 0. The minimum atomic E-state index is -0.462. The monoisotopic (exact) mass is 205 g/mol. The van der Waals surface area contributed by atoms with Crippen molar-refractivity contribution in [2.24, 2.45) is 0 Å². The number of benzene rings is 1. The van der Waals surface area contributed by atoms with Gasteiger partial charge in [-0.1, -0.05) is 12.1 Å². The number of rotatable bonds is 1. The Hall–Kier alpha value is -1.97. The normalized spacial score (nSPS) is 18.8. The zero-order valence-electron chi connectivity index (χ0n) is 8.06. The van der Waals surface area contributed by atoms with E-state index in [2.05, 4.69) is 0 Å². The van der Waals surface area contributed by atoms with Crippen LogP contribution in [0.1, 0.15) is 12.0 Å². The second kappa shape index (κ2) is 3.65. The zero-order valence-corrected chi connectivity index (χ0v) is 8.06. The number of carbonyl (C=O) groups excluding carboxylic acids is 1. The number of anilines is 1. The summed E-state index contributed by atoms with van der Waals surface area (Å²) in [5.74, 6) is -0.536. The third-order valence-corrected chi connectivity index (χ3v) is 2.33. The summed E-state index contributed by atoms with van der Waals surface area (Å²) in [4.78, 5) is 11.2. The molecule has 0 amide bonds. The zero-order chi connectivity index (χ0) is 10.8. The topological polar surface area (TPSA) is 72.6 Å². The average Bonchev–Trinajstić information content (AvgIpc) is 2.64. The Balaban J connectivity index is 2.47. The lowest BCUT2D eigenvalue weighted by Gasteiger charge is -2.05. The van der Waals surface area contributed by atoms with Crippen molar-refractivity contribution in [1.29, 1.82) is 0 Å². The first-order valence-corrected chi connectivity index (χ1v) is 4.64. The summed E-state index contributed by atoms with van der Waals surface area (Å²) in [6.45, 7) is 0.324. The first-order chi connectivity index (χ1) is 7.20. The Kier molecular flexibility index (Phi) is 2.33. The molecule has 1 aromatic carbocycles. The Bertz CT molecular complexity index is 437. The number of nitrogens with two attached hydrogens (primary N) is 1. The van der Waals surface area contributed by atoms with Crippen LogP contribution in [0.4, 0.5) is 5.69 Å². The quantitative estimate of drug-likeness (QED) is 0.315. The van der Waals surface area contributed by atoms with Gasteiger partial charge in [-0.25, -0.2) is 4.79 Å². The van der Waals surface area contributed by atoms with Crippen LogP contribution in [-0.2, 0) is 9.53 Å². The van der Waals surface area contributed by atoms with Crippen LogP contribution in [0, 0.1) is 0 Å². The van der Waals surface area contributed by atoms with Gasteiger partial charge < -0.3 is 15.6 Å². The second-order valence-electron chi connectivity index (χ2n) is 3.30. The molecular weight excluding hydrogens is 194 g/mol. The van der Waals surface area contributed by atoms with E-state index in [1.165, 1.54) is 0 Å². The summed E-state index contributed by atoms with van der Waals surface area (Å²) in [7, 11) is 0. The van der Waals surface area contributed by atoms with Crippen molar-refractivity contribution in [3.63, 3.8) is 0 Å². The van der Waals surface area contributed by atoms with Gasteiger partial charge in [-0.05, 0) is 12.1 Å². The molecule has 78 valence electrons. The van der Waals surface area contributed by atoms with Gasteiger partial charge in [0.1, 0.15) is 5.76 Å². The lowest BCUT2D eigenvalue weighted by molar-refractivity contribution is -0.135. The molecule has 0 aliphatic carbocycles. The van der Waals surface area contributed by atoms with Gasteiger partial charge in [-0.2, -0.15) is 0 Å². The smallest absolute Gasteiger partial charge is 0.337 e. The van der Waals surface area contributed by atoms with Crippen molar-refractivity contribution in [3.8, 4) is 0 Å². The van der Waals surface area contributed by atoms with Gasteiger partial charge in [-0.15, -0.1) is 0 Å². The molecule has 0 spiro atoms. The first kappa shape index (κ1) is 9.58. The van der Waals surface area contributed by atoms with Crippen molar-refractivity contribution in [2.75, 3.05) is 12.3 Å². The van der Waals surface area contributed by atoms with E-state index < -0.39 is 5.97 Å². The molecule has 1 aliphatic heterocycles. The Labute approximate surface area is 87.0 Å². The largest absolute Gasteiger partial charge is 0.507 e. The molecule has 15 heavy (non-hydrogen) atoms. The number of cyclic esters (lactones) is 1. The van der Waals surface area contributed by atoms with Crippen molar-refractivity contribution < 1.29 is 14.6 Å². The van der Waals surface area contributed by atoms with E-state index in [4.69, 9.17) is 10.5 Å². The minimum absolute atomic E-state index is 0.0735. The number of aliphatic hydroxyl groups is 1. The van der Waals surface area contributed by atoms with Crippen molar-refractivity contribution in [1.82, 2.24) is 0 Å². The molecule has 0 radical (unpaired) electrons. The average molecular weight is 205 g/mol. The Morgan fingerprint density at radius 3 is 2.73 bits per heavy atom. The molecule has 4 nitrogen and oxygen atoms in total. The first-order valence-electron chi connectivity index (χ1n) is 4.64. The van der Waals surface area contributed by atoms with E-state index in [1.807, 2.05) is 0 Å². The summed E-state index contributed by atoms with van der Waals surface area (Å²) in [5.41, 5.74) is 6.91. The van der Waals surface area contributed by atoms with Crippen LogP contribution in [0.25, 0.3) is 5.76 Å². The number of nitrogen functional groups attached to an aromatic ring is 1. The van der Waals surface area contributed by atoms with Crippen LogP contribution in [0.3, 0.4) is 0 Å². The van der Waals surface area contributed by atoms with Gasteiger partial charge in [0.15, 0.2) is 0 Å². The standard InChI is InChI=1S/C11H11NO3/c12-9-4-2-1-3-7(9)10(13)8-5-6-15-11(8)14/h1-4,13H,5-6,12H2/b10-8+. The van der Waals surface area contributed by atoms with Crippen molar-refractivity contribution >= 4 is 17.4 Å². The van der Waals surface area contributed by atoms with Crippen LogP contribution >= 0.6 is 0 Å². The molecule has 0 bridgehead atoms. The Morgan fingerprint density at radius 2 is 2.13 bits per heavy atom. The predicted octanol–water partition coefficient (Wildman–Crippen LogP) is 1.48. The highest BCUT2D eigenvalue weighted by Crippen LogP contribution is 2.26. The fourth-order valence-corrected chi connectivity index (χ4v) is 1.53. The lowest BCUT2D eigenvalue weighted by Crippen LogP contribution is -2.01. The maximum absolute atomic E-state index is 11.2. The van der Waals surface area contributed by atoms with Crippen LogP contribution in [-0.4, -0.2) is 17.7 Å². The molecule has 1 aromatic rings. The minimum Gasteiger partial charge on any atom is -0.507 e. The predicted molar refractivity (Wildman–Crippen MR) is 56.0 cm³/mol. The van der Waals surface area contributed by atoms with Crippen LogP contribution < -0.4 is 5.73 Å². The molecule has 3 N–H and O–H groups in total. The molecule has 0 atom stereocenters. The maximum atomic E-state index is 11.2.